The van der Waals surface area contributed by atoms with Gasteiger partial charge in [-0.1, -0.05) is 73.4 Å². The summed E-state index contributed by atoms with van der Waals surface area (Å²) in [6, 6.07) is 16.6. The maximum atomic E-state index is 13.8. The lowest BCUT2D eigenvalue weighted by molar-refractivity contribution is 0.0540. The maximum Gasteiger partial charge on any atom is 0.264 e. The third kappa shape index (κ3) is 4.37. The Bertz CT molecular complexity index is 1080. The van der Waals surface area contributed by atoms with Gasteiger partial charge in [0.2, 0.25) is 0 Å². The summed E-state index contributed by atoms with van der Waals surface area (Å²) in [5, 5.41) is 0. The van der Waals surface area contributed by atoms with Gasteiger partial charge in [-0.3, -0.25) is 4.31 Å². The Kier molecular flexibility index (Phi) is 5.66. The molecule has 5 nitrogen and oxygen atoms in total. The van der Waals surface area contributed by atoms with Gasteiger partial charge in [0, 0.05) is 0 Å². The van der Waals surface area contributed by atoms with E-state index < -0.39 is 29.7 Å². The first-order chi connectivity index (χ1) is 14.5. The van der Waals surface area contributed by atoms with Gasteiger partial charge < -0.3 is 9.47 Å². The molecule has 2 aromatic rings. The van der Waals surface area contributed by atoms with E-state index in [9.17, 15) is 8.42 Å². The van der Waals surface area contributed by atoms with Gasteiger partial charge in [-0.15, -0.1) is 0 Å². The molecule has 2 aliphatic rings. The number of morpholine rings is 1. The normalized spacial score (nSPS) is 26.9. The topological polar surface area (TPSA) is 59.1 Å². The molecule has 0 spiro atoms. The molecule has 0 bridgehead atoms. The molecular weight excluding hydrogens is 426 g/mol. The van der Waals surface area contributed by atoms with Gasteiger partial charge >= 0.3 is 0 Å². The van der Waals surface area contributed by atoms with Gasteiger partial charge in [0.25, 0.3) is 10.0 Å². The molecule has 3 atom stereocenters. The molecule has 2 aliphatic heterocycles. The summed E-state index contributed by atoms with van der Waals surface area (Å²) >= 11 is 0. The summed E-state index contributed by atoms with van der Waals surface area (Å²) in [5.41, 5.74) is 4.46. The molecule has 0 amide bonds. The zero-order valence-electron chi connectivity index (χ0n) is 18.8. The zero-order chi connectivity index (χ0) is 22.4. The first-order valence-electron chi connectivity index (χ1n) is 10.7. The van der Waals surface area contributed by atoms with Gasteiger partial charge in [-0.25, -0.2) is 8.42 Å². The molecule has 0 saturated carbocycles. The zero-order valence-corrected chi connectivity index (χ0v) is 20.6. The van der Waals surface area contributed by atoms with Crippen molar-refractivity contribution in [1.82, 2.24) is 4.31 Å². The molecule has 2 heterocycles. The van der Waals surface area contributed by atoms with E-state index in [1.165, 1.54) is 0 Å². The fraction of sp³-hybridized carbons (Fsp3) is 0.417. The highest BCUT2D eigenvalue weighted by molar-refractivity contribution is 7.89. The second kappa shape index (κ2) is 7.88. The van der Waals surface area contributed by atoms with Crippen molar-refractivity contribution in [1.29, 1.82) is 0 Å². The predicted octanol–water partition coefficient (Wildman–Crippen LogP) is 4.50. The van der Waals surface area contributed by atoms with E-state index in [0.717, 1.165) is 16.8 Å². The van der Waals surface area contributed by atoms with Gasteiger partial charge in [-0.2, -0.15) is 0 Å². The van der Waals surface area contributed by atoms with Crippen molar-refractivity contribution in [3.8, 4) is 0 Å². The first-order valence-corrected chi connectivity index (χ1v) is 15.7. The van der Waals surface area contributed by atoms with E-state index in [1.54, 1.807) is 16.4 Å². The Morgan fingerprint density at radius 1 is 1.10 bits per heavy atom. The molecule has 2 fully saturated rings. The van der Waals surface area contributed by atoms with Crippen LogP contribution in [0.5, 0.6) is 0 Å². The van der Waals surface area contributed by atoms with Gasteiger partial charge in [0.1, 0.15) is 17.7 Å². The van der Waals surface area contributed by atoms with Crippen LogP contribution in [0.1, 0.15) is 18.1 Å². The summed E-state index contributed by atoms with van der Waals surface area (Å²) in [6.07, 6.45) is -0.204. The SMILES string of the molecule is Cc1ccc(S(=O)(=O)N2/C(=C/[Si](C)(C)C)[C@@H]3O[C@]3(C)[C@H]2COCc2ccccc2)cc1. The van der Waals surface area contributed by atoms with Crippen molar-refractivity contribution in [2.45, 2.75) is 62.7 Å². The van der Waals surface area contributed by atoms with Gasteiger partial charge in [0.05, 0.1) is 31.9 Å². The molecule has 0 radical (unpaired) electrons. The molecule has 2 aromatic carbocycles. The Morgan fingerprint density at radius 3 is 2.35 bits per heavy atom. The van der Waals surface area contributed by atoms with E-state index in [2.05, 4.69) is 25.3 Å². The van der Waals surface area contributed by atoms with Crippen molar-refractivity contribution < 1.29 is 17.9 Å². The highest BCUT2D eigenvalue weighted by atomic mass is 32.2. The number of aryl methyl sites for hydroxylation is 1. The lowest BCUT2D eigenvalue weighted by atomic mass is 10.0. The molecule has 0 aromatic heterocycles. The molecular formula is C24H31NO4SSi. The fourth-order valence-electron chi connectivity index (χ4n) is 4.16. The minimum absolute atomic E-state index is 0.204. The number of hydrogen-bond donors (Lipinski definition) is 0. The number of rotatable bonds is 7. The largest absolute Gasteiger partial charge is 0.374 e. The third-order valence-corrected chi connectivity index (χ3v) is 8.86. The number of benzene rings is 2. The van der Waals surface area contributed by atoms with Crippen LogP contribution in [0.2, 0.25) is 19.6 Å². The van der Waals surface area contributed by atoms with Crippen LogP contribution in [-0.4, -0.2) is 45.2 Å². The van der Waals surface area contributed by atoms with Gasteiger partial charge in [0.15, 0.2) is 0 Å². The van der Waals surface area contributed by atoms with Crippen LogP contribution in [0, 0.1) is 6.92 Å². The van der Waals surface area contributed by atoms with Crippen LogP contribution in [0.4, 0.5) is 0 Å². The van der Waals surface area contributed by atoms with Crippen LogP contribution in [0.15, 0.2) is 70.9 Å². The molecule has 7 heteroatoms. The quantitative estimate of drug-likeness (QED) is 0.454. The molecule has 31 heavy (non-hydrogen) atoms. The Morgan fingerprint density at radius 2 is 1.74 bits per heavy atom. The molecule has 166 valence electrons. The lowest BCUT2D eigenvalue weighted by Crippen LogP contribution is -2.45. The van der Waals surface area contributed by atoms with Crippen molar-refractivity contribution in [3.05, 3.63) is 77.1 Å². The predicted molar refractivity (Wildman–Crippen MR) is 125 cm³/mol. The highest BCUT2D eigenvalue weighted by Gasteiger charge is 2.70. The van der Waals surface area contributed by atoms with Crippen LogP contribution in [-0.2, 0) is 26.1 Å². The van der Waals surface area contributed by atoms with Crippen molar-refractivity contribution in [2.24, 2.45) is 0 Å². The van der Waals surface area contributed by atoms with Gasteiger partial charge in [-0.05, 0) is 31.5 Å². The average Bonchev–Trinajstić information content (AvgIpc) is 3.33. The summed E-state index contributed by atoms with van der Waals surface area (Å²) in [5.74, 6) is 0. The molecule has 4 rings (SSSR count). The number of nitrogens with zero attached hydrogens (tertiary/aromatic N) is 1. The summed E-state index contributed by atoms with van der Waals surface area (Å²) in [4.78, 5) is 0.303. The minimum atomic E-state index is -3.73. The summed E-state index contributed by atoms with van der Waals surface area (Å²) in [7, 11) is -5.44. The average molecular weight is 458 g/mol. The van der Waals surface area contributed by atoms with Crippen molar-refractivity contribution in [3.63, 3.8) is 0 Å². The molecule has 0 unspecified atom stereocenters. The third-order valence-electron chi connectivity index (χ3n) is 5.85. The molecule has 0 N–H and O–H groups in total. The van der Waals surface area contributed by atoms with Crippen LogP contribution >= 0.6 is 0 Å². The van der Waals surface area contributed by atoms with Crippen molar-refractivity contribution in [2.75, 3.05) is 6.61 Å². The smallest absolute Gasteiger partial charge is 0.264 e. The Labute approximate surface area is 186 Å². The Hall–Kier alpha value is -1.93. The van der Waals surface area contributed by atoms with E-state index in [0.29, 0.717) is 11.5 Å². The van der Waals surface area contributed by atoms with E-state index in [1.807, 2.05) is 56.3 Å². The second-order valence-corrected chi connectivity index (χ2v) is 16.6. The number of epoxide rings is 1. The summed E-state index contributed by atoms with van der Waals surface area (Å²) in [6.45, 7) is 11.3. The van der Waals surface area contributed by atoms with Crippen LogP contribution in [0.25, 0.3) is 0 Å². The van der Waals surface area contributed by atoms with E-state index in [-0.39, 0.29) is 12.7 Å². The number of hydrogen-bond acceptors (Lipinski definition) is 4. The maximum absolute atomic E-state index is 13.8. The minimum Gasteiger partial charge on any atom is -0.374 e. The molecule has 2 saturated heterocycles. The first kappa shape index (κ1) is 22.3. The van der Waals surface area contributed by atoms with E-state index >= 15 is 0 Å². The highest BCUT2D eigenvalue weighted by Crippen LogP contribution is 2.55. The second-order valence-electron chi connectivity index (χ2n) is 9.75. The Balaban J connectivity index is 1.68. The number of sulfonamides is 1. The number of fused-ring (bicyclic) bond motifs is 1. The van der Waals surface area contributed by atoms with Crippen molar-refractivity contribution >= 4 is 18.1 Å². The monoisotopic (exact) mass is 457 g/mol. The van der Waals surface area contributed by atoms with Crippen LogP contribution < -0.4 is 0 Å². The standard InChI is InChI=1S/C24H31NO4SSi/c1-18-11-13-20(14-12-18)30(26,27)25-21(17-31(3,4)5)23-24(2,29-23)22(25)16-28-15-19-9-7-6-8-10-19/h6-14,17,22-23H,15-16H2,1-5H3/b21-17+/t22-,23+,24-/m1/s1. The fourth-order valence-corrected chi connectivity index (χ4v) is 7.17. The van der Waals surface area contributed by atoms with E-state index in [4.69, 9.17) is 9.47 Å². The number of ether oxygens (including phenoxy) is 2. The van der Waals surface area contributed by atoms with Crippen LogP contribution in [0.3, 0.4) is 0 Å². The molecule has 0 aliphatic carbocycles. The lowest BCUT2D eigenvalue weighted by Gasteiger charge is -2.32. The summed E-state index contributed by atoms with van der Waals surface area (Å²) < 4.78 is 41.2.